The normalized spacial score (nSPS) is 21.8. The van der Waals surface area contributed by atoms with Gasteiger partial charge in [0.15, 0.2) is 0 Å². The van der Waals surface area contributed by atoms with E-state index in [4.69, 9.17) is 0 Å². The lowest BCUT2D eigenvalue weighted by molar-refractivity contribution is 0.00342. The topological polar surface area (TPSA) is 26.8 Å². The molecule has 1 amide bonds. The number of amides is 1. The maximum atomic E-state index is 12.3. The molecule has 0 atom stereocenters. The van der Waals surface area contributed by atoms with Gasteiger partial charge in [0.2, 0.25) is 0 Å². The summed E-state index contributed by atoms with van der Waals surface area (Å²) in [5.41, 5.74) is 0. The van der Waals surface area contributed by atoms with Crippen molar-refractivity contribution in [3.8, 4) is 0 Å². The average molecular weight is 307 g/mol. The molecule has 2 aliphatic rings. The molecule has 2 saturated heterocycles. The van der Waals surface area contributed by atoms with Crippen molar-refractivity contribution >= 4 is 17.2 Å². The molecule has 0 unspecified atom stereocenters. The van der Waals surface area contributed by atoms with Crippen molar-refractivity contribution in [2.75, 3.05) is 39.3 Å². The number of aryl methyl sites for hydroxylation is 1. The highest BCUT2D eigenvalue weighted by Gasteiger charge is 2.36. The molecule has 3 rings (SSSR count). The zero-order valence-corrected chi connectivity index (χ0v) is 14.0. The largest absolute Gasteiger partial charge is 0.335 e. The fraction of sp³-hybridized carbons (Fsp3) is 0.688. The Hall–Kier alpha value is -0.910. The Labute approximate surface area is 131 Å². The molecule has 0 aromatic carbocycles. The summed E-state index contributed by atoms with van der Waals surface area (Å²) in [4.78, 5) is 21.5. The van der Waals surface area contributed by atoms with Gasteiger partial charge >= 0.3 is 0 Å². The number of hydrogen-bond donors (Lipinski definition) is 0. The van der Waals surface area contributed by atoms with E-state index in [0.29, 0.717) is 12.1 Å². The van der Waals surface area contributed by atoms with Crippen LogP contribution < -0.4 is 0 Å². The molecule has 1 aromatic rings. The van der Waals surface area contributed by atoms with Crippen LogP contribution in [0.5, 0.6) is 0 Å². The van der Waals surface area contributed by atoms with Gasteiger partial charge in [-0.05, 0) is 32.9 Å². The summed E-state index contributed by atoms with van der Waals surface area (Å²) in [6.45, 7) is 13.0. The third kappa shape index (κ3) is 3.15. The van der Waals surface area contributed by atoms with E-state index in [1.807, 2.05) is 17.0 Å². The van der Waals surface area contributed by atoms with Gasteiger partial charge in [-0.2, -0.15) is 0 Å². The number of carbonyl (C=O) groups excluding carboxylic acids is 1. The summed E-state index contributed by atoms with van der Waals surface area (Å²) in [6.07, 6.45) is 0. The fourth-order valence-electron chi connectivity index (χ4n) is 3.18. The number of likely N-dealkylation sites (tertiary alicyclic amines) is 1. The van der Waals surface area contributed by atoms with Gasteiger partial charge < -0.3 is 4.90 Å². The lowest BCUT2D eigenvalue weighted by Crippen LogP contribution is -2.64. The molecule has 0 N–H and O–H groups in total. The van der Waals surface area contributed by atoms with E-state index >= 15 is 0 Å². The Morgan fingerprint density at radius 2 is 1.86 bits per heavy atom. The molecule has 116 valence electrons. The van der Waals surface area contributed by atoms with E-state index in [0.717, 1.165) is 44.1 Å². The highest BCUT2D eigenvalue weighted by molar-refractivity contribution is 7.13. The van der Waals surface area contributed by atoms with Crippen LogP contribution in [0.15, 0.2) is 12.1 Å². The van der Waals surface area contributed by atoms with Gasteiger partial charge in [-0.25, -0.2) is 0 Å². The summed E-state index contributed by atoms with van der Waals surface area (Å²) in [5.74, 6) is 0.213. The molecule has 3 heterocycles. The van der Waals surface area contributed by atoms with Crippen molar-refractivity contribution in [3.63, 3.8) is 0 Å². The Morgan fingerprint density at radius 1 is 1.19 bits per heavy atom. The monoisotopic (exact) mass is 307 g/mol. The molecule has 2 fully saturated rings. The van der Waals surface area contributed by atoms with Gasteiger partial charge in [0.25, 0.3) is 5.91 Å². The van der Waals surface area contributed by atoms with Crippen LogP contribution in [0.25, 0.3) is 0 Å². The van der Waals surface area contributed by atoms with Crippen LogP contribution in [0.4, 0.5) is 0 Å². The summed E-state index contributed by atoms with van der Waals surface area (Å²) in [6, 6.07) is 5.20. The lowest BCUT2D eigenvalue weighted by atomic mass is 10.1. The van der Waals surface area contributed by atoms with Crippen molar-refractivity contribution < 1.29 is 4.79 Å². The Kier molecular flexibility index (Phi) is 4.33. The number of rotatable bonds is 3. The van der Waals surface area contributed by atoms with Crippen molar-refractivity contribution in [3.05, 3.63) is 21.9 Å². The van der Waals surface area contributed by atoms with Gasteiger partial charge in [0, 0.05) is 56.2 Å². The minimum atomic E-state index is 0.213. The van der Waals surface area contributed by atoms with Crippen LogP contribution in [0.3, 0.4) is 0 Å². The van der Waals surface area contributed by atoms with Gasteiger partial charge in [0.05, 0.1) is 4.88 Å². The van der Waals surface area contributed by atoms with Gasteiger partial charge in [-0.15, -0.1) is 11.3 Å². The first-order chi connectivity index (χ1) is 10.0. The first-order valence-electron chi connectivity index (χ1n) is 7.88. The number of piperazine rings is 1. The first kappa shape index (κ1) is 15.0. The molecular weight excluding hydrogens is 282 g/mol. The quantitative estimate of drug-likeness (QED) is 0.853. The van der Waals surface area contributed by atoms with Crippen LogP contribution >= 0.6 is 11.3 Å². The highest BCUT2D eigenvalue weighted by Crippen LogP contribution is 2.23. The highest BCUT2D eigenvalue weighted by atomic mass is 32.1. The number of nitrogens with zero attached hydrogens (tertiary/aromatic N) is 3. The zero-order chi connectivity index (χ0) is 15.0. The summed E-state index contributed by atoms with van der Waals surface area (Å²) >= 11 is 1.60. The molecule has 5 heteroatoms. The Morgan fingerprint density at radius 3 is 2.38 bits per heavy atom. The number of hydrogen-bond acceptors (Lipinski definition) is 4. The molecule has 0 aliphatic carbocycles. The Balaban J connectivity index is 1.47. The number of thiophene rings is 1. The van der Waals surface area contributed by atoms with Gasteiger partial charge in [0.1, 0.15) is 0 Å². The second kappa shape index (κ2) is 6.07. The third-order valence-electron chi connectivity index (χ3n) is 4.70. The molecule has 0 bridgehead atoms. The standard InChI is InChI=1S/C16H25N3OS/c1-12(2)17-6-8-18(9-7-17)14-10-19(11-14)16(20)15-5-4-13(3)21-15/h4-5,12,14H,6-11H2,1-3H3. The zero-order valence-electron chi connectivity index (χ0n) is 13.2. The predicted molar refractivity (Wildman–Crippen MR) is 87.0 cm³/mol. The van der Waals surface area contributed by atoms with E-state index < -0.39 is 0 Å². The van der Waals surface area contributed by atoms with E-state index in [2.05, 4.69) is 30.6 Å². The molecule has 0 saturated carbocycles. The van der Waals surface area contributed by atoms with Crippen LogP contribution in [0.2, 0.25) is 0 Å². The third-order valence-corrected chi connectivity index (χ3v) is 5.68. The van der Waals surface area contributed by atoms with E-state index in [-0.39, 0.29) is 5.91 Å². The van der Waals surface area contributed by atoms with Crippen molar-refractivity contribution in [1.29, 1.82) is 0 Å². The fourth-order valence-corrected chi connectivity index (χ4v) is 4.01. The van der Waals surface area contributed by atoms with Gasteiger partial charge in [-0.1, -0.05) is 0 Å². The second-order valence-electron chi connectivity index (χ2n) is 6.44. The first-order valence-corrected chi connectivity index (χ1v) is 8.70. The van der Waals surface area contributed by atoms with E-state index in [9.17, 15) is 4.79 Å². The minimum absolute atomic E-state index is 0.213. The van der Waals surface area contributed by atoms with Crippen LogP contribution in [0.1, 0.15) is 28.4 Å². The average Bonchev–Trinajstić information content (AvgIpc) is 2.84. The SMILES string of the molecule is Cc1ccc(C(=O)N2CC(N3CCN(C(C)C)CC3)C2)s1. The molecule has 2 aliphatic heterocycles. The summed E-state index contributed by atoms with van der Waals surface area (Å²) in [5, 5.41) is 0. The van der Waals surface area contributed by atoms with Crippen molar-refractivity contribution in [1.82, 2.24) is 14.7 Å². The van der Waals surface area contributed by atoms with Gasteiger partial charge in [-0.3, -0.25) is 14.6 Å². The molecule has 0 radical (unpaired) electrons. The van der Waals surface area contributed by atoms with Crippen LogP contribution in [-0.2, 0) is 0 Å². The summed E-state index contributed by atoms with van der Waals surface area (Å²) in [7, 11) is 0. The van der Waals surface area contributed by atoms with Crippen LogP contribution in [0, 0.1) is 6.92 Å². The van der Waals surface area contributed by atoms with Crippen molar-refractivity contribution in [2.24, 2.45) is 0 Å². The van der Waals surface area contributed by atoms with E-state index in [1.54, 1.807) is 11.3 Å². The molecule has 4 nitrogen and oxygen atoms in total. The maximum Gasteiger partial charge on any atom is 0.264 e. The van der Waals surface area contributed by atoms with Crippen LogP contribution in [-0.4, -0.2) is 72.0 Å². The molecule has 21 heavy (non-hydrogen) atoms. The lowest BCUT2D eigenvalue weighted by Gasteiger charge is -2.48. The summed E-state index contributed by atoms with van der Waals surface area (Å²) < 4.78 is 0. The second-order valence-corrected chi connectivity index (χ2v) is 7.73. The molecular formula is C16H25N3OS. The molecule has 1 aromatic heterocycles. The predicted octanol–water partition coefficient (Wildman–Crippen LogP) is 1.91. The van der Waals surface area contributed by atoms with Crippen molar-refractivity contribution in [2.45, 2.75) is 32.9 Å². The smallest absolute Gasteiger partial charge is 0.264 e. The minimum Gasteiger partial charge on any atom is -0.335 e. The Bertz CT molecular complexity index is 499. The molecule has 0 spiro atoms. The maximum absolute atomic E-state index is 12.3. The van der Waals surface area contributed by atoms with E-state index in [1.165, 1.54) is 4.88 Å². The number of carbonyl (C=O) groups is 1.